The largest absolute Gasteiger partial charge is 0.341 e. The number of carbonyl (C=O) groups is 1. The van der Waals surface area contributed by atoms with Gasteiger partial charge in [-0.25, -0.2) is 0 Å². The third-order valence-electron chi connectivity index (χ3n) is 5.70. The number of carbonyl (C=O) groups excluding carboxylic acids is 1. The predicted octanol–water partition coefficient (Wildman–Crippen LogP) is 2.74. The molecule has 0 radical (unpaired) electrons. The number of anilines is 4. The van der Waals surface area contributed by atoms with Crippen molar-refractivity contribution >= 4 is 29.3 Å². The Kier molecular flexibility index (Phi) is 5.89. The Hall–Kier alpha value is -2.74. The number of piperidine rings is 1. The van der Waals surface area contributed by atoms with Gasteiger partial charge in [0.05, 0.1) is 0 Å². The summed E-state index contributed by atoms with van der Waals surface area (Å²) in [7, 11) is 0. The van der Waals surface area contributed by atoms with Crippen LogP contribution >= 0.6 is 0 Å². The van der Waals surface area contributed by atoms with Gasteiger partial charge in [0, 0.05) is 43.5 Å². The lowest BCUT2D eigenvalue weighted by Gasteiger charge is -2.29. The van der Waals surface area contributed by atoms with Gasteiger partial charge in [-0.05, 0) is 63.3 Å². The molecule has 3 heterocycles. The van der Waals surface area contributed by atoms with Crippen LogP contribution in [0.5, 0.6) is 0 Å². The molecule has 8 heteroatoms. The van der Waals surface area contributed by atoms with Crippen LogP contribution < -0.4 is 20.9 Å². The standard InChI is InChI=1S/C21H29N7O/c1-15(29)16-7-9-17(10-8-16)23-19-24-20(27-11-3-2-4-12-27)26-21(25-19)28-13-5-6-18(28)14-22/h7-10,18H,2-6,11-14,22H2,1H3,(H,23,24,25,26)/t18-/m0/s1. The molecule has 2 aromatic rings. The summed E-state index contributed by atoms with van der Waals surface area (Å²) in [5.41, 5.74) is 7.50. The second-order valence-corrected chi connectivity index (χ2v) is 7.79. The monoisotopic (exact) mass is 395 g/mol. The number of ketones is 1. The van der Waals surface area contributed by atoms with E-state index in [-0.39, 0.29) is 11.8 Å². The van der Waals surface area contributed by atoms with Gasteiger partial charge in [0.1, 0.15) is 0 Å². The van der Waals surface area contributed by atoms with Crippen LogP contribution in [0.15, 0.2) is 24.3 Å². The number of hydrogen-bond acceptors (Lipinski definition) is 8. The van der Waals surface area contributed by atoms with Gasteiger partial charge < -0.3 is 20.9 Å². The first kappa shape index (κ1) is 19.6. The van der Waals surface area contributed by atoms with Crippen molar-refractivity contribution in [2.75, 3.05) is 41.3 Å². The molecule has 2 fully saturated rings. The maximum atomic E-state index is 11.5. The van der Waals surface area contributed by atoms with Crippen molar-refractivity contribution in [1.29, 1.82) is 0 Å². The summed E-state index contributed by atoms with van der Waals surface area (Å²) < 4.78 is 0. The molecule has 0 saturated carbocycles. The minimum absolute atomic E-state index is 0.0493. The first-order valence-corrected chi connectivity index (χ1v) is 10.5. The zero-order valence-corrected chi connectivity index (χ0v) is 17.0. The second-order valence-electron chi connectivity index (χ2n) is 7.79. The smallest absolute Gasteiger partial charge is 0.233 e. The minimum atomic E-state index is 0.0493. The Bertz CT molecular complexity index is 849. The molecule has 1 aromatic heterocycles. The summed E-state index contributed by atoms with van der Waals surface area (Å²) in [4.78, 5) is 30.2. The second kappa shape index (κ2) is 8.73. The van der Waals surface area contributed by atoms with Crippen LogP contribution in [0.1, 0.15) is 49.4 Å². The lowest BCUT2D eigenvalue weighted by atomic mass is 10.1. The van der Waals surface area contributed by atoms with Crippen LogP contribution in [0, 0.1) is 0 Å². The number of aromatic nitrogens is 3. The fourth-order valence-corrected chi connectivity index (χ4v) is 4.03. The molecule has 1 atom stereocenters. The van der Waals surface area contributed by atoms with Gasteiger partial charge in [0.25, 0.3) is 0 Å². The fourth-order valence-electron chi connectivity index (χ4n) is 4.03. The van der Waals surface area contributed by atoms with Crippen LogP contribution in [-0.4, -0.2) is 53.0 Å². The molecule has 1 aromatic carbocycles. The van der Waals surface area contributed by atoms with Crippen molar-refractivity contribution in [3.8, 4) is 0 Å². The highest BCUT2D eigenvalue weighted by Gasteiger charge is 2.27. The summed E-state index contributed by atoms with van der Waals surface area (Å²) in [6.45, 7) is 5.01. The highest BCUT2D eigenvalue weighted by atomic mass is 16.1. The average Bonchev–Trinajstić information content (AvgIpc) is 3.23. The number of benzene rings is 1. The lowest BCUT2D eigenvalue weighted by Crippen LogP contribution is -2.37. The van der Waals surface area contributed by atoms with E-state index in [0.717, 1.165) is 57.0 Å². The van der Waals surface area contributed by atoms with Crippen LogP contribution in [0.25, 0.3) is 0 Å². The van der Waals surface area contributed by atoms with Crippen molar-refractivity contribution in [2.24, 2.45) is 5.73 Å². The molecule has 3 N–H and O–H groups in total. The highest BCUT2D eigenvalue weighted by molar-refractivity contribution is 5.94. The summed E-state index contributed by atoms with van der Waals surface area (Å²) >= 11 is 0. The molecule has 2 aliphatic rings. The van der Waals surface area contributed by atoms with E-state index in [4.69, 9.17) is 20.7 Å². The van der Waals surface area contributed by atoms with Crippen molar-refractivity contribution < 1.29 is 4.79 Å². The van der Waals surface area contributed by atoms with E-state index < -0.39 is 0 Å². The Morgan fingerprint density at radius 3 is 2.45 bits per heavy atom. The molecule has 0 bridgehead atoms. The molecule has 2 aliphatic heterocycles. The minimum Gasteiger partial charge on any atom is -0.341 e. The van der Waals surface area contributed by atoms with E-state index in [2.05, 4.69) is 15.1 Å². The Labute approximate surface area is 171 Å². The number of nitrogens with zero attached hydrogens (tertiary/aromatic N) is 5. The maximum absolute atomic E-state index is 11.5. The quantitative estimate of drug-likeness (QED) is 0.720. The summed E-state index contributed by atoms with van der Waals surface area (Å²) in [5.74, 6) is 1.98. The SMILES string of the molecule is CC(=O)c1ccc(Nc2nc(N3CCCCC3)nc(N3CCC[C@H]3CN)n2)cc1. The number of Topliss-reactive ketones (excluding diaryl/α,β-unsaturated/α-hetero) is 1. The van der Waals surface area contributed by atoms with E-state index in [9.17, 15) is 4.79 Å². The molecule has 4 rings (SSSR count). The van der Waals surface area contributed by atoms with Crippen molar-refractivity contribution in [3.05, 3.63) is 29.8 Å². The predicted molar refractivity (Wildman–Crippen MR) is 115 cm³/mol. The van der Waals surface area contributed by atoms with Crippen LogP contribution in [-0.2, 0) is 0 Å². The van der Waals surface area contributed by atoms with Gasteiger partial charge in [-0.15, -0.1) is 0 Å². The van der Waals surface area contributed by atoms with Gasteiger partial charge in [-0.3, -0.25) is 4.79 Å². The summed E-state index contributed by atoms with van der Waals surface area (Å²) in [6.07, 6.45) is 5.73. The average molecular weight is 396 g/mol. The first-order valence-electron chi connectivity index (χ1n) is 10.5. The number of hydrogen-bond donors (Lipinski definition) is 2. The Balaban J connectivity index is 1.64. The van der Waals surface area contributed by atoms with Crippen LogP contribution in [0.3, 0.4) is 0 Å². The van der Waals surface area contributed by atoms with Crippen molar-refractivity contribution in [3.63, 3.8) is 0 Å². The summed E-state index contributed by atoms with van der Waals surface area (Å²) in [5, 5.41) is 3.29. The number of nitrogens with two attached hydrogens (primary N) is 1. The number of nitrogens with one attached hydrogen (secondary N) is 1. The molecule has 0 amide bonds. The first-order chi connectivity index (χ1) is 14.1. The fraction of sp³-hybridized carbons (Fsp3) is 0.524. The molecule has 29 heavy (non-hydrogen) atoms. The Morgan fingerprint density at radius 1 is 1.03 bits per heavy atom. The Morgan fingerprint density at radius 2 is 1.76 bits per heavy atom. The molecule has 8 nitrogen and oxygen atoms in total. The van der Waals surface area contributed by atoms with Crippen molar-refractivity contribution in [2.45, 2.75) is 45.1 Å². The molecule has 0 unspecified atom stereocenters. The van der Waals surface area contributed by atoms with Gasteiger partial charge in [0.15, 0.2) is 5.78 Å². The molecular weight excluding hydrogens is 366 g/mol. The lowest BCUT2D eigenvalue weighted by molar-refractivity contribution is 0.101. The molecule has 0 aliphatic carbocycles. The number of rotatable bonds is 6. The van der Waals surface area contributed by atoms with Gasteiger partial charge in [-0.1, -0.05) is 0 Å². The summed E-state index contributed by atoms with van der Waals surface area (Å²) in [6, 6.07) is 7.64. The topological polar surface area (TPSA) is 100 Å². The van der Waals surface area contributed by atoms with Gasteiger partial charge >= 0.3 is 0 Å². The van der Waals surface area contributed by atoms with E-state index >= 15 is 0 Å². The van der Waals surface area contributed by atoms with E-state index in [1.54, 1.807) is 6.92 Å². The molecule has 2 saturated heterocycles. The maximum Gasteiger partial charge on any atom is 0.233 e. The van der Waals surface area contributed by atoms with E-state index in [1.807, 2.05) is 24.3 Å². The zero-order chi connectivity index (χ0) is 20.2. The third kappa shape index (κ3) is 4.48. The van der Waals surface area contributed by atoms with E-state index in [1.165, 1.54) is 6.42 Å². The normalized spacial score (nSPS) is 19.4. The van der Waals surface area contributed by atoms with Crippen LogP contribution in [0.2, 0.25) is 0 Å². The third-order valence-corrected chi connectivity index (χ3v) is 5.70. The molecule has 0 spiro atoms. The van der Waals surface area contributed by atoms with Gasteiger partial charge in [-0.2, -0.15) is 15.0 Å². The van der Waals surface area contributed by atoms with Crippen LogP contribution in [0.4, 0.5) is 23.5 Å². The van der Waals surface area contributed by atoms with E-state index in [0.29, 0.717) is 24.0 Å². The van der Waals surface area contributed by atoms with Crippen molar-refractivity contribution in [1.82, 2.24) is 15.0 Å². The molecular formula is C21H29N7O. The van der Waals surface area contributed by atoms with Gasteiger partial charge in [0.2, 0.25) is 17.8 Å². The zero-order valence-electron chi connectivity index (χ0n) is 17.0. The molecule has 154 valence electrons. The highest BCUT2D eigenvalue weighted by Crippen LogP contribution is 2.26.